The molecule has 1 fully saturated rings. The van der Waals surface area contributed by atoms with Gasteiger partial charge in [0.25, 0.3) is 0 Å². The SMILES string of the molecule is CC[C@H](C)c1nc(N2CCN(S(=O)(=O)Cc3ccccc3)CC2)c2c3c(sc2n1)C[C@H](C)CC3. The van der Waals surface area contributed by atoms with Gasteiger partial charge in [-0.2, -0.15) is 4.31 Å². The van der Waals surface area contributed by atoms with E-state index in [0.717, 1.165) is 41.3 Å². The van der Waals surface area contributed by atoms with Gasteiger partial charge < -0.3 is 4.90 Å². The number of rotatable bonds is 6. The molecule has 0 N–H and O–H groups in total. The summed E-state index contributed by atoms with van der Waals surface area (Å²) < 4.78 is 27.8. The minimum atomic E-state index is -3.34. The quantitative estimate of drug-likeness (QED) is 0.479. The molecule has 1 saturated heterocycles. The lowest BCUT2D eigenvalue weighted by Gasteiger charge is -2.35. The van der Waals surface area contributed by atoms with E-state index < -0.39 is 10.0 Å². The molecule has 0 bridgehead atoms. The summed E-state index contributed by atoms with van der Waals surface area (Å²) in [4.78, 5) is 15.0. The Bertz CT molecular complexity index is 1260. The first-order chi connectivity index (χ1) is 16.4. The van der Waals surface area contributed by atoms with Gasteiger partial charge in [0.1, 0.15) is 16.5 Å². The molecular weight excluding hydrogens is 464 g/mol. The van der Waals surface area contributed by atoms with Gasteiger partial charge in [0.15, 0.2) is 0 Å². The van der Waals surface area contributed by atoms with Crippen LogP contribution in [0.15, 0.2) is 30.3 Å². The summed E-state index contributed by atoms with van der Waals surface area (Å²) in [6, 6.07) is 9.44. The number of hydrogen-bond acceptors (Lipinski definition) is 6. The van der Waals surface area contributed by atoms with Crippen molar-refractivity contribution in [2.75, 3.05) is 31.1 Å². The van der Waals surface area contributed by atoms with E-state index in [0.29, 0.717) is 38.0 Å². The third-order valence-electron chi connectivity index (χ3n) is 7.33. The molecular formula is C26H34N4O2S2. The molecule has 0 radical (unpaired) electrons. The highest BCUT2D eigenvalue weighted by Gasteiger charge is 2.31. The van der Waals surface area contributed by atoms with Crippen LogP contribution in [-0.4, -0.2) is 48.9 Å². The molecule has 3 aromatic rings. The fourth-order valence-corrected chi connectivity index (χ4v) is 7.93. The molecule has 1 aliphatic carbocycles. The first-order valence-electron chi connectivity index (χ1n) is 12.4. The minimum absolute atomic E-state index is 0.0555. The van der Waals surface area contributed by atoms with Gasteiger partial charge in [-0.25, -0.2) is 18.4 Å². The molecule has 0 spiro atoms. The van der Waals surface area contributed by atoms with E-state index >= 15 is 0 Å². The average molecular weight is 499 g/mol. The third kappa shape index (κ3) is 4.60. The number of nitrogens with zero attached hydrogens (tertiary/aromatic N) is 4. The molecule has 3 heterocycles. The van der Waals surface area contributed by atoms with Gasteiger partial charge in [0, 0.05) is 37.0 Å². The number of benzene rings is 1. The van der Waals surface area contributed by atoms with E-state index in [-0.39, 0.29) is 5.75 Å². The molecule has 0 unspecified atom stereocenters. The first-order valence-corrected chi connectivity index (χ1v) is 14.9. The topological polar surface area (TPSA) is 66.4 Å². The Morgan fingerprint density at radius 2 is 1.85 bits per heavy atom. The van der Waals surface area contributed by atoms with Gasteiger partial charge in [-0.1, -0.05) is 51.1 Å². The van der Waals surface area contributed by atoms with Crippen LogP contribution < -0.4 is 4.90 Å². The van der Waals surface area contributed by atoms with Crippen molar-refractivity contribution in [3.63, 3.8) is 0 Å². The molecule has 1 aliphatic heterocycles. The second kappa shape index (κ2) is 9.55. The van der Waals surface area contributed by atoms with Crippen LogP contribution >= 0.6 is 11.3 Å². The zero-order valence-corrected chi connectivity index (χ0v) is 22.0. The monoisotopic (exact) mass is 498 g/mol. The Balaban J connectivity index is 1.43. The summed E-state index contributed by atoms with van der Waals surface area (Å²) in [7, 11) is -3.34. The summed E-state index contributed by atoms with van der Waals surface area (Å²) in [5, 5.41) is 1.22. The molecule has 182 valence electrons. The molecule has 2 atom stereocenters. The van der Waals surface area contributed by atoms with Gasteiger partial charge in [-0.05, 0) is 42.7 Å². The van der Waals surface area contributed by atoms with Gasteiger partial charge in [0.2, 0.25) is 10.0 Å². The van der Waals surface area contributed by atoms with E-state index in [1.54, 1.807) is 4.31 Å². The van der Waals surface area contributed by atoms with Crippen LogP contribution in [0.5, 0.6) is 0 Å². The van der Waals surface area contributed by atoms with Crippen molar-refractivity contribution in [1.29, 1.82) is 0 Å². The van der Waals surface area contributed by atoms with Crippen molar-refractivity contribution < 1.29 is 8.42 Å². The normalized spacial score (nSPS) is 20.4. The largest absolute Gasteiger partial charge is 0.353 e. The average Bonchev–Trinajstić information content (AvgIpc) is 3.20. The fraction of sp³-hybridized carbons (Fsp3) is 0.538. The highest BCUT2D eigenvalue weighted by Crippen LogP contribution is 2.42. The van der Waals surface area contributed by atoms with Crippen LogP contribution in [0.1, 0.15) is 61.4 Å². The van der Waals surface area contributed by atoms with Crippen molar-refractivity contribution in [3.05, 3.63) is 52.2 Å². The smallest absolute Gasteiger partial charge is 0.218 e. The lowest BCUT2D eigenvalue weighted by atomic mass is 9.89. The summed E-state index contributed by atoms with van der Waals surface area (Å²) in [5.74, 6) is 3.00. The zero-order chi connectivity index (χ0) is 23.9. The van der Waals surface area contributed by atoms with E-state index in [1.165, 1.54) is 22.2 Å². The Morgan fingerprint density at radius 3 is 2.56 bits per heavy atom. The maximum atomic E-state index is 13.1. The Kier molecular flexibility index (Phi) is 6.66. The van der Waals surface area contributed by atoms with Crippen LogP contribution in [0.25, 0.3) is 10.2 Å². The number of fused-ring (bicyclic) bond motifs is 3. The van der Waals surface area contributed by atoms with E-state index in [2.05, 4.69) is 25.7 Å². The number of anilines is 1. The molecule has 0 amide bonds. The number of aromatic nitrogens is 2. The highest BCUT2D eigenvalue weighted by molar-refractivity contribution is 7.88. The van der Waals surface area contributed by atoms with Crippen LogP contribution in [-0.2, 0) is 28.6 Å². The fourth-order valence-electron chi connectivity index (χ4n) is 5.03. The summed E-state index contributed by atoms with van der Waals surface area (Å²) in [6.07, 6.45) is 4.41. The standard InChI is InChI=1S/C26H34N4O2S2/c1-4-19(3)24-27-25(23-21-11-10-18(2)16-22(21)33-26(23)28-24)29-12-14-30(15-13-29)34(31,32)17-20-8-6-5-7-9-20/h5-9,18-19H,4,10-17H2,1-3H3/t18-,19+/m1/s1. The maximum absolute atomic E-state index is 13.1. The Hall–Kier alpha value is -2.03. The molecule has 2 aliphatic rings. The molecule has 1 aromatic carbocycles. The predicted molar refractivity (Wildman–Crippen MR) is 140 cm³/mol. The second-order valence-corrected chi connectivity index (χ2v) is 12.9. The Morgan fingerprint density at radius 1 is 1.12 bits per heavy atom. The van der Waals surface area contributed by atoms with Gasteiger partial charge in [0.05, 0.1) is 11.1 Å². The summed E-state index contributed by atoms with van der Waals surface area (Å²) in [6.45, 7) is 8.98. The first kappa shape index (κ1) is 23.7. The third-order valence-corrected chi connectivity index (χ3v) is 10.3. The van der Waals surface area contributed by atoms with Crippen LogP contribution in [0.2, 0.25) is 0 Å². The Labute approximate surface area is 207 Å². The molecule has 5 rings (SSSR count). The van der Waals surface area contributed by atoms with Crippen LogP contribution in [0.3, 0.4) is 0 Å². The lowest BCUT2D eigenvalue weighted by Crippen LogP contribution is -2.49. The molecule has 34 heavy (non-hydrogen) atoms. The van der Waals surface area contributed by atoms with Crippen LogP contribution in [0, 0.1) is 5.92 Å². The van der Waals surface area contributed by atoms with Crippen molar-refractivity contribution in [2.45, 2.75) is 58.1 Å². The van der Waals surface area contributed by atoms with Crippen molar-refractivity contribution in [1.82, 2.24) is 14.3 Å². The lowest BCUT2D eigenvalue weighted by molar-refractivity contribution is 0.383. The number of hydrogen-bond donors (Lipinski definition) is 0. The van der Waals surface area contributed by atoms with Crippen molar-refractivity contribution in [3.8, 4) is 0 Å². The van der Waals surface area contributed by atoms with E-state index in [9.17, 15) is 8.42 Å². The zero-order valence-electron chi connectivity index (χ0n) is 20.3. The molecule has 0 saturated carbocycles. The second-order valence-electron chi connectivity index (χ2n) is 9.87. The van der Waals surface area contributed by atoms with Crippen molar-refractivity contribution in [2.24, 2.45) is 5.92 Å². The molecule has 8 heteroatoms. The number of thiophene rings is 1. The van der Waals surface area contributed by atoms with Gasteiger partial charge >= 0.3 is 0 Å². The van der Waals surface area contributed by atoms with E-state index in [4.69, 9.17) is 9.97 Å². The van der Waals surface area contributed by atoms with Crippen LogP contribution in [0.4, 0.5) is 5.82 Å². The maximum Gasteiger partial charge on any atom is 0.218 e. The highest BCUT2D eigenvalue weighted by atomic mass is 32.2. The summed E-state index contributed by atoms with van der Waals surface area (Å²) in [5.41, 5.74) is 2.27. The molecule has 2 aromatic heterocycles. The van der Waals surface area contributed by atoms with Gasteiger partial charge in [-0.3, -0.25) is 0 Å². The number of sulfonamides is 1. The van der Waals surface area contributed by atoms with Gasteiger partial charge in [-0.15, -0.1) is 11.3 Å². The minimum Gasteiger partial charge on any atom is -0.353 e. The van der Waals surface area contributed by atoms with E-state index in [1.807, 2.05) is 41.7 Å². The predicted octanol–water partition coefficient (Wildman–Crippen LogP) is 4.98. The number of aryl methyl sites for hydroxylation is 1. The van der Waals surface area contributed by atoms with Crippen molar-refractivity contribution >= 4 is 37.4 Å². The number of piperazine rings is 1. The molecule has 6 nitrogen and oxygen atoms in total. The summed E-state index contributed by atoms with van der Waals surface area (Å²) >= 11 is 1.85.